The Bertz CT molecular complexity index is 846. The van der Waals surface area contributed by atoms with Crippen molar-refractivity contribution in [3.8, 4) is 0 Å². The predicted octanol–water partition coefficient (Wildman–Crippen LogP) is 3.88. The topological polar surface area (TPSA) is 81.4 Å². The Kier molecular flexibility index (Phi) is 5.12. The quantitative estimate of drug-likeness (QED) is 0.530. The number of nitrogens with two attached hydrogens (primary N) is 1. The van der Waals surface area contributed by atoms with Crippen LogP contribution in [0.4, 0.5) is 0 Å². The molecule has 0 saturated heterocycles. The third-order valence-corrected chi connectivity index (χ3v) is 9.96. The molecule has 0 unspecified atom stereocenters. The van der Waals surface area contributed by atoms with Crippen LogP contribution >= 0.6 is 0 Å². The Balaban J connectivity index is 1.32. The molecule has 0 aromatic rings. The van der Waals surface area contributed by atoms with E-state index in [4.69, 9.17) is 10.5 Å². The highest BCUT2D eigenvalue weighted by Gasteiger charge is 2.58. The van der Waals surface area contributed by atoms with Crippen molar-refractivity contribution in [1.82, 2.24) is 5.32 Å². The predicted molar refractivity (Wildman–Crippen MR) is 120 cm³/mol. The Hall–Kier alpha value is -1.62. The smallest absolute Gasteiger partial charge is 0.331 e. The molecule has 3 saturated carbocycles. The standard InChI is InChI=1S/C26H38N2O3/c1-15(27)24(30)28-18-8-10-25(2)17(13-18)4-5-19-21-7-6-20(16-12-23(29)31-14-16)26(21,3)11-9-22(19)25/h7,12,15,17-20,22H,4-6,8-11,13-14,27H2,1-3H3,(H,28,30)/t15-,17-,18-,19+,20+,22-,25-,26-/m0/s1. The second-order valence-electron chi connectivity index (χ2n) is 11.5. The fourth-order valence-electron chi connectivity index (χ4n) is 8.20. The zero-order valence-electron chi connectivity index (χ0n) is 19.3. The number of nitrogens with one attached hydrogen (secondary N) is 1. The number of carbonyl (C=O) groups is 2. The normalized spacial score (nSPS) is 44.9. The molecule has 8 atom stereocenters. The van der Waals surface area contributed by atoms with Gasteiger partial charge in [0.1, 0.15) is 6.61 Å². The first-order chi connectivity index (χ1) is 14.7. The van der Waals surface area contributed by atoms with Gasteiger partial charge in [-0.2, -0.15) is 0 Å². The van der Waals surface area contributed by atoms with Gasteiger partial charge in [-0.1, -0.05) is 25.5 Å². The van der Waals surface area contributed by atoms with Crippen molar-refractivity contribution < 1.29 is 14.3 Å². The third-order valence-electron chi connectivity index (χ3n) is 9.96. The number of rotatable bonds is 3. The van der Waals surface area contributed by atoms with Gasteiger partial charge in [0.15, 0.2) is 0 Å². The van der Waals surface area contributed by atoms with Crippen molar-refractivity contribution in [2.75, 3.05) is 6.61 Å². The van der Waals surface area contributed by atoms with Gasteiger partial charge >= 0.3 is 5.97 Å². The summed E-state index contributed by atoms with van der Waals surface area (Å²) in [5.74, 6) is 2.36. The van der Waals surface area contributed by atoms with E-state index in [1.54, 1.807) is 18.6 Å². The van der Waals surface area contributed by atoms with Crippen LogP contribution in [0.3, 0.4) is 0 Å². The van der Waals surface area contributed by atoms with Gasteiger partial charge in [0.05, 0.1) is 6.04 Å². The summed E-state index contributed by atoms with van der Waals surface area (Å²) in [6.07, 6.45) is 13.7. The number of carbonyl (C=O) groups excluding carboxylic acids is 2. The highest BCUT2D eigenvalue weighted by molar-refractivity contribution is 5.85. The molecule has 1 amide bonds. The van der Waals surface area contributed by atoms with Gasteiger partial charge < -0.3 is 15.8 Å². The van der Waals surface area contributed by atoms with E-state index in [9.17, 15) is 9.59 Å². The molecule has 0 spiro atoms. The molecule has 1 heterocycles. The number of ether oxygens (including phenoxy) is 1. The summed E-state index contributed by atoms with van der Waals surface area (Å²) in [5, 5.41) is 3.20. The number of cyclic esters (lactones) is 1. The number of amides is 1. The molecule has 0 radical (unpaired) electrons. The number of esters is 1. The van der Waals surface area contributed by atoms with E-state index in [2.05, 4.69) is 25.2 Å². The lowest BCUT2D eigenvalue weighted by molar-refractivity contribution is -0.135. The molecule has 4 aliphatic carbocycles. The van der Waals surface area contributed by atoms with Crippen LogP contribution in [0.2, 0.25) is 0 Å². The molecule has 5 rings (SSSR count). The summed E-state index contributed by atoms with van der Waals surface area (Å²) >= 11 is 0. The van der Waals surface area contributed by atoms with Crippen LogP contribution in [0.1, 0.15) is 72.1 Å². The molecule has 0 aromatic heterocycles. The maximum Gasteiger partial charge on any atom is 0.331 e. The fourth-order valence-corrected chi connectivity index (χ4v) is 8.20. The first-order valence-electron chi connectivity index (χ1n) is 12.4. The van der Waals surface area contributed by atoms with Crippen molar-refractivity contribution in [3.05, 3.63) is 23.3 Å². The molecule has 0 bridgehead atoms. The lowest BCUT2D eigenvalue weighted by Crippen LogP contribution is -2.54. The highest BCUT2D eigenvalue weighted by atomic mass is 16.5. The van der Waals surface area contributed by atoms with E-state index in [0.29, 0.717) is 29.8 Å². The Morgan fingerprint density at radius 1 is 1.23 bits per heavy atom. The largest absolute Gasteiger partial charge is 0.458 e. The molecular weight excluding hydrogens is 388 g/mol. The minimum atomic E-state index is -0.432. The van der Waals surface area contributed by atoms with Crippen LogP contribution in [-0.2, 0) is 14.3 Å². The van der Waals surface area contributed by atoms with Gasteiger partial charge in [-0.25, -0.2) is 4.79 Å². The number of allylic oxidation sites excluding steroid dienone is 2. The van der Waals surface area contributed by atoms with E-state index in [1.807, 2.05) is 0 Å². The molecule has 31 heavy (non-hydrogen) atoms. The molecule has 5 aliphatic rings. The molecule has 170 valence electrons. The summed E-state index contributed by atoms with van der Waals surface area (Å²) in [6, 6.07) is -0.151. The summed E-state index contributed by atoms with van der Waals surface area (Å²) in [6.45, 7) is 7.24. The van der Waals surface area contributed by atoms with Crippen LogP contribution in [-0.4, -0.2) is 30.6 Å². The van der Waals surface area contributed by atoms with E-state index in [1.165, 1.54) is 37.7 Å². The molecule has 5 nitrogen and oxygen atoms in total. The van der Waals surface area contributed by atoms with Crippen LogP contribution in [0.25, 0.3) is 0 Å². The van der Waals surface area contributed by atoms with Crippen LogP contribution in [0.5, 0.6) is 0 Å². The first-order valence-corrected chi connectivity index (χ1v) is 12.4. The maximum absolute atomic E-state index is 12.1. The van der Waals surface area contributed by atoms with E-state index < -0.39 is 6.04 Å². The molecule has 1 aliphatic heterocycles. The lowest BCUT2D eigenvalue weighted by Gasteiger charge is -2.60. The van der Waals surface area contributed by atoms with Gasteiger partial charge in [-0.05, 0) is 98.4 Å². The maximum atomic E-state index is 12.1. The monoisotopic (exact) mass is 426 g/mol. The minimum absolute atomic E-state index is 0.0125. The molecular formula is C26H38N2O3. The number of hydrogen-bond acceptors (Lipinski definition) is 4. The molecule has 5 heteroatoms. The Morgan fingerprint density at radius 3 is 2.74 bits per heavy atom. The zero-order valence-corrected chi connectivity index (χ0v) is 19.3. The summed E-state index contributed by atoms with van der Waals surface area (Å²) in [7, 11) is 0. The zero-order chi connectivity index (χ0) is 22.0. The first kappa shape index (κ1) is 21.2. The van der Waals surface area contributed by atoms with Gasteiger partial charge in [-0.3, -0.25) is 4.79 Å². The van der Waals surface area contributed by atoms with Gasteiger partial charge in [0, 0.05) is 12.1 Å². The van der Waals surface area contributed by atoms with Crippen molar-refractivity contribution in [1.29, 1.82) is 0 Å². The number of hydrogen-bond donors (Lipinski definition) is 2. The SMILES string of the molecule is C[C@H](N)C(=O)N[C@H]1CC[C@@]2(C)[C@@H](CC[C@@H]3C4=CC[C@H](C5=CC(=O)OC5)[C@]4(C)CC[C@@H]32)C1. The second-order valence-corrected chi connectivity index (χ2v) is 11.5. The molecule has 3 fully saturated rings. The van der Waals surface area contributed by atoms with Gasteiger partial charge in [-0.15, -0.1) is 0 Å². The van der Waals surface area contributed by atoms with Crippen molar-refractivity contribution in [2.45, 2.75) is 84.2 Å². The van der Waals surface area contributed by atoms with Gasteiger partial charge in [0.2, 0.25) is 5.91 Å². The molecule has 0 aromatic carbocycles. The Labute approximate surface area is 186 Å². The van der Waals surface area contributed by atoms with E-state index in [-0.39, 0.29) is 23.3 Å². The Morgan fingerprint density at radius 2 is 2.03 bits per heavy atom. The van der Waals surface area contributed by atoms with Crippen LogP contribution in [0.15, 0.2) is 23.3 Å². The van der Waals surface area contributed by atoms with Crippen LogP contribution < -0.4 is 11.1 Å². The van der Waals surface area contributed by atoms with E-state index >= 15 is 0 Å². The fraction of sp³-hybridized carbons (Fsp3) is 0.769. The third kappa shape index (κ3) is 3.30. The van der Waals surface area contributed by atoms with Crippen LogP contribution in [0, 0.1) is 34.5 Å². The molecule has 3 N–H and O–H groups in total. The van der Waals surface area contributed by atoms with Gasteiger partial charge in [0.25, 0.3) is 0 Å². The summed E-state index contributed by atoms with van der Waals surface area (Å²) < 4.78 is 5.26. The second kappa shape index (κ2) is 7.47. The van der Waals surface area contributed by atoms with Crippen molar-refractivity contribution in [2.24, 2.45) is 40.2 Å². The summed E-state index contributed by atoms with van der Waals surface area (Å²) in [5.41, 5.74) is 9.22. The summed E-state index contributed by atoms with van der Waals surface area (Å²) in [4.78, 5) is 23.8. The lowest BCUT2D eigenvalue weighted by atomic mass is 9.45. The average Bonchev–Trinajstić information content (AvgIpc) is 3.30. The average molecular weight is 427 g/mol. The highest BCUT2D eigenvalue weighted by Crippen LogP contribution is 2.66. The van der Waals surface area contributed by atoms with Crippen molar-refractivity contribution >= 4 is 11.9 Å². The van der Waals surface area contributed by atoms with E-state index in [0.717, 1.165) is 25.2 Å². The van der Waals surface area contributed by atoms with Crippen molar-refractivity contribution in [3.63, 3.8) is 0 Å². The number of fused-ring (bicyclic) bond motifs is 5. The minimum Gasteiger partial charge on any atom is -0.458 e.